The van der Waals surface area contributed by atoms with E-state index in [2.05, 4.69) is 12.2 Å². The number of nitrogens with one attached hydrogen (secondary N) is 1. The van der Waals surface area contributed by atoms with E-state index in [0.717, 1.165) is 25.7 Å². The average molecular weight is 382 g/mol. The van der Waals surface area contributed by atoms with E-state index in [1.54, 1.807) is 18.2 Å². The molecular weight excluding hydrogens is 354 g/mol. The fourth-order valence-corrected chi connectivity index (χ4v) is 2.76. The van der Waals surface area contributed by atoms with Gasteiger partial charge in [-0.3, -0.25) is 14.4 Å². The maximum atomic E-state index is 14.4. The second-order valence-corrected chi connectivity index (χ2v) is 6.69. The molecule has 0 radical (unpaired) electrons. The normalized spacial score (nSPS) is 12.4. The molecule has 0 bridgehead atoms. The van der Waals surface area contributed by atoms with Crippen LogP contribution in [0.1, 0.15) is 57.4 Å². The zero-order valence-electron chi connectivity index (χ0n) is 15.7. The first-order chi connectivity index (χ1) is 12.8. The number of nitrogens with two attached hydrogens (primary N) is 1. The van der Waals surface area contributed by atoms with Crippen molar-refractivity contribution in [3.63, 3.8) is 0 Å². The minimum Gasteiger partial charge on any atom is -0.370 e. The van der Waals surface area contributed by atoms with E-state index < -0.39 is 42.4 Å². The number of carbonyl (C=O) groups excluding carboxylic acids is 3. The van der Waals surface area contributed by atoms with Crippen molar-refractivity contribution in [3.05, 3.63) is 35.9 Å². The average Bonchev–Trinajstić information content (AvgIpc) is 2.60. The number of Topliss-reactive ketones (excluding diaryl/α,β-unsaturated/α-hetero) is 1. The largest absolute Gasteiger partial charge is 0.370 e. The van der Waals surface area contributed by atoms with Crippen molar-refractivity contribution in [2.45, 2.75) is 70.3 Å². The Balaban J connectivity index is 2.69. The number of carbonyl (C=O) groups is 3. The molecule has 0 heterocycles. The van der Waals surface area contributed by atoms with Crippen molar-refractivity contribution in [2.24, 2.45) is 5.73 Å². The minimum absolute atomic E-state index is 0.122. The van der Waals surface area contributed by atoms with Crippen LogP contribution in [-0.4, -0.2) is 29.6 Å². The van der Waals surface area contributed by atoms with Gasteiger partial charge in [-0.05, 0) is 12.0 Å². The summed E-state index contributed by atoms with van der Waals surface area (Å²) in [5.41, 5.74) is 5.36. The molecule has 1 aromatic carbocycles. The summed E-state index contributed by atoms with van der Waals surface area (Å²) in [6.07, 6.45) is 3.25. The van der Waals surface area contributed by atoms with E-state index in [-0.39, 0.29) is 12.0 Å². The molecule has 0 saturated carbocycles. The van der Waals surface area contributed by atoms with Gasteiger partial charge in [0.15, 0.2) is 0 Å². The van der Waals surface area contributed by atoms with Crippen LogP contribution in [0, 0.1) is 0 Å². The first kappa shape index (κ1) is 22.7. The highest BCUT2D eigenvalue weighted by molar-refractivity contribution is 5.97. The van der Waals surface area contributed by atoms with Crippen LogP contribution in [0.3, 0.4) is 0 Å². The Hall–Kier alpha value is -2.31. The zero-order valence-corrected chi connectivity index (χ0v) is 15.7. The summed E-state index contributed by atoms with van der Waals surface area (Å²) in [5, 5.41) is 2.26. The van der Waals surface area contributed by atoms with Crippen LogP contribution in [0.5, 0.6) is 0 Å². The number of rotatable bonds is 13. The highest BCUT2D eigenvalue weighted by atomic mass is 19.3. The van der Waals surface area contributed by atoms with Gasteiger partial charge in [0, 0.05) is 12.8 Å². The fourth-order valence-electron chi connectivity index (χ4n) is 2.76. The molecule has 1 aromatic rings. The summed E-state index contributed by atoms with van der Waals surface area (Å²) < 4.78 is 28.8. The van der Waals surface area contributed by atoms with Crippen molar-refractivity contribution in [1.29, 1.82) is 0 Å². The standard InChI is InChI=1S/C20H28F2N2O3/c1-2-3-4-5-9-12-18(26)24-16(13-17(23)25)19(27)20(21,22)14-15-10-7-6-8-11-15/h6-8,10-11,16H,2-5,9,12-14H2,1H3,(H2,23,25)(H,24,26)/t16-/m1/s1. The maximum absolute atomic E-state index is 14.4. The molecule has 5 nitrogen and oxygen atoms in total. The Kier molecular flexibility index (Phi) is 9.61. The molecule has 2 amide bonds. The lowest BCUT2D eigenvalue weighted by molar-refractivity contribution is -0.147. The van der Waals surface area contributed by atoms with Gasteiger partial charge >= 0.3 is 5.92 Å². The highest BCUT2D eigenvalue weighted by Gasteiger charge is 2.43. The lowest BCUT2D eigenvalue weighted by Gasteiger charge is -2.22. The van der Waals surface area contributed by atoms with Gasteiger partial charge in [0.2, 0.25) is 17.6 Å². The number of hydrogen-bond acceptors (Lipinski definition) is 3. The van der Waals surface area contributed by atoms with Gasteiger partial charge in [-0.2, -0.15) is 8.78 Å². The monoisotopic (exact) mass is 382 g/mol. The number of hydrogen-bond donors (Lipinski definition) is 2. The molecule has 0 spiro atoms. The van der Waals surface area contributed by atoms with Gasteiger partial charge in [-0.25, -0.2) is 0 Å². The molecule has 3 N–H and O–H groups in total. The van der Waals surface area contributed by atoms with Crippen LogP contribution in [0.4, 0.5) is 8.78 Å². The second kappa shape index (κ2) is 11.4. The summed E-state index contributed by atoms with van der Waals surface area (Å²) >= 11 is 0. The van der Waals surface area contributed by atoms with Crippen LogP contribution in [0.25, 0.3) is 0 Å². The molecule has 150 valence electrons. The summed E-state index contributed by atoms with van der Waals surface area (Å²) in [7, 11) is 0. The molecule has 0 aliphatic carbocycles. The fraction of sp³-hybridized carbons (Fsp3) is 0.550. The molecule has 1 atom stereocenters. The van der Waals surface area contributed by atoms with Gasteiger partial charge < -0.3 is 11.1 Å². The molecule has 0 saturated heterocycles. The summed E-state index contributed by atoms with van der Waals surface area (Å²) in [4.78, 5) is 35.5. The van der Waals surface area contributed by atoms with E-state index in [4.69, 9.17) is 5.73 Å². The molecule has 7 heteroatoms. The van der Waals surface area contributed by atoms with Crippen LogP contribution >= 0.6 is 0 Å². The van der Waals surface area contributed by atoms with Gasteiger partial charge in [0.05, 0.1) is 6.42 Å². The molecule has 0 aliphatic rings. The molecular formula is C20H28F2N2O3. The maximum Gasteiger partial charge on any atom is 0.311 e. The third kappa shape index (κ3) is 8.75. The van der Waals surface area contributed by atoms with Crippen LogP contribution in [0.2, 0.25) is 0 Å². The third-order valence-corrected chi connectivity index (χ3v) is 4.19. The van der Waals surface area contributed by atoms with Crippen LogP contribution < -0.4 is 11.1 Å². The van der Waals surface area contributed by atoms with E-state index in [1.165, 1.54) is 12.1 Å². The first-order valence-electron chi connectivity index (χ1n) is 9.30. The molecule has 1 rings (SSSR count). The summed E-state index contributed by atoms with van der Waals surface area (Å²) in [6.45, 7) is 2.07. The van der Waals surface area contributed by atoms with Gasteiger partial charge in [-0.1, -0.05) is 62.9 Å². The SMILES string of the molecule is CCCCCCCC(=O)N[C@H](CC(N)=O)C(=O)C(F)(F)Cc1ccccc1. The van der Waals surface area contributed by atoms with Crippen LogP contribution in [-0.2, 0) is 20.8 Å². The van der Waals surface area contributed by atoms with E-state index in [9.17, 15) is 23.2 Å². The highest BCUT2D eigenvalue weighted by Crippen LogP contribution is 2.23. The predicted molar refractivity (Wildman–Crippen MR) is 99.2 cm³/mol. The summed E-state index contributed by atoms with van der Waals surface area (Å²) in [6, 6.07) is 6.22. The number of unbranched alkanes of at least 4 members (excludes halogenated alkanes) is 4. The number of ketones is 1. The number of primary amides is 1. The number of benzene rings is 1. The first-order valence-corrected chi connectivity index (χ1v) is 9.30. The lowest BCUT2D eigenvalue weighted by atomic mass is 9.97. The number of halogens is 2. The van der Waals surface area contributed by atoms with E-state index in [0.29, 0.717) is 6.42 Å². The van der Waals surface area contributed by atoms with Gasteiger partial charge in [-0.15, -0.1) is 0 Å². The quantitative estimate of drug-likeness (QED) is 0.514. The third-order valence-electron chi connectivity index (χ3n) is 4.19. The summed E-state index contributed by atoms with van der Waals surface area (Å²) in [5.74, 6) is -6.66. The molecule has 0 aromatic heterocycles. The Morgan fingerprint density at radius 2 is 1.70 bits per heavy atom. The van der Waals surface area contributed by atoms with Crippen molar-refractivity contribution >= 4 is 17.6 Å². The molecule has 27 heavy (non-hydrogen) atoms. The van der Waals surface area contributed by atoms with Gasteiger partial charge in [0.1, 0.15) is 6.04 Å². The van der Waals surface area contributed by atoms with Crippen LogP contribution in [0.15, 0.2) is 30.3 Å². The van der Waals surface area contributed by atoms with Crippen molar-refractivity contribution < 1.29 is 23.2 Å². The van der Waals surface area contributed by atoms with Gasteiger partial charge in [0.25, 0.3) is 0 Å². The van der Waals surface area contributed by atoms with Crippen molar-refractivity contribution in [1.82, 2.24) is 5.32 Å². The Bertz CT molecular complexity index is 621. The Morgan fingerprint density at radius 1 is 1.07 bits per heavy atom. The van der Waals surface area contributed by atoms with E-state index >= 15 is 0 Å². The van der Waals surface area contributed by atoms with Crippen molar-refractivity contribution in [2.75, 3.05) is 0 Å². The smallest absolute Gasteiger partial charge is 0.311 e. The molecule has 0 fully saturated rings. The molecule has 0 unspecified atom stereocenters. The predicted octanol–water partition coefficient (Wildman–Crippen LogP) is 3.15. The van der Waals surface area contributed by atoms with Crippen molar-refractivity contribution in [3.8, 4) is 0 Å². The Morgan fingerprint density at radius 3 is 2.30 bits per heavy atom. The number of amides is 2. The Labute approximate surface area is 158 Å². The molecule has 0 aliphatic heterocycles. The number of alkyl halides is 2. The second-order valence-electron chi connectivity index (χ2n) is 6.69. The minimum atomic E-state index is -3.71. The topological polar surface area (TPSA) is 89.3 Å². The lowest BCUT2D eigenvalue weighted by Crippen LogP contribution is -2.50. The van der Waals surface area contributed by atoms with E-state index in [1.807, 2.05) is 0 Å². The zero-order chi connectivity index (χ0) is 20.3.